The highest BCUT2D eigenvalue weighted by Crippen LogP contribution is 2.42. The standard InChI is InChI=1S/C20H35NO5/c1-3-25-20-16(10-7-12-22)17(15-8-5-4-6-9-15)14-18(26-20)19(23)21-11-13-24-2/h14-17,20,22H,3-13H2,1-2H3,(H,21,23)/t16-,17-,20-/m1/s1. The minimum Gasteiger partial charge on any atom is -0.459 e. The second kappa shape index (κ2) is 11.6. The molecule has 6 heteroatoms. The van der Waals surface area contributed by atoms with Crippen molar-refractivity contribution in [1.82, 2.24) is 5.32 Å². The lowest BCUT2D eigenvalue weighted by Crippen LogP contribution is -2.42. The third kappa shape index (κ3) is 5.96. The first-order valence-electron chi connectivity index (χ1n) is 10.1. The second-order valence-corrected chi connectivity index (χ2v) is 7.23. The van der Waals surface area contributed by atoms with E-state index in [1.54, 1.807) is 7.11 Å². The Morgan fingerprint density at radius 3 is 2.77 bits per heavy atom. The van der Waals surface area contributed by atoms with E-state index in [9.17, 15) is 9.90 Å². The zero-order valence-corrected chi connectivity index (χ0v) is 16.2. The van der Waals surface area contributed by atoms with Crippen molar-refractivity contribution in [3.63, 3.8) is 0 Å². The molecule has 150 valence electrons. The van der Waals surface area contributed by atoms with Crippen molar-refractivity contribution < 1.29 is 24.1 Å². The van der Waals surface area contributed by atoms with Crippen molar-refractivity contribution >= 4 is 5.91 Å². The van der Waals surface area contributed by atoms with Crippen LogP contribution < -0.4 is 5.32 Å². The Morgan fingerprint density at radius 1 is 1.35 bits per heavy atom. The molecule has 0 spiro atoms. The van der Waals surface area contributed by atoms with E-state index in [0.29, 0.717) is 31.4 Å². The Bertz CT molecular complexity index is 447. The molecule has 0 unspecified atom stereocenters. The molecule has 0 saturated heterocycles. The van der Waals surface area contributed by atoms with Gasteiger partial charge in [-0.25, -0.2) is 0 Å². The molecular weight excluding hydrogens is 334 g/mol. The molecule has 0 aromatic heterocycles. The van der Waals surface area contributed by atoms with E-state index < -0.39 is 6.29 Å². The Morgan fingerprint density at radius 2 is 2.12 bits per heavy atom. The fourth-order valence-electron chi connectivity index (χ4n) is 4.20. The van der Waals surface area contributed by atoms with Crippen LogP contribution in [0.2, 0.25) is 0 Å². The summed E-state index contributed by atoms with van der Waals surface area (Å²) in [6, 6.07) is 0. The van der Waals surface area contributed by atoms with Gasteiger partial charge in [0.15, 0.2) is 5.76 Å². The predicted molar refractivity (Wildman–Crippen MR) is 99.3 cm³/mol. The summed E-state index contributed by atoms with van der Waals surface area (Å²) in [6.45, 7) is 3.58. The largest absolute Gasteiger partial charge is 0.459 e. The predicted octanol–water partition coefficient (Wildman–Crippen LogP) is 2.61. The summed E-state index contributed by atoms with van der Waals surface area (Å²) in [5.41, 5.74) is 0. The average Bonchev–Trinajstić information content (AvgIpc) is 2.67. The summed E-state index contributed by atoms with van der Waals surface area (Å²) in [4.78, 5) is 12.5. The molecule has 1 amide bonds. The third-order valence-corrected chi connectivity index (χ3v) is 5.47. The number of nitrogens with one attached hydrogen (secondary N) is 1. The van der Waals surface area contributed by atoms with Crippen LogP contribution in [0.4, 0.5) is 0 Å². The van der Waals surface area contributed by atoms with Crippen molar-refractivity contribution in [1.29, 1.82) is 0 Å². The van der Waals surface area contributed by atoms with Gasteiger partial charge in [0.25, 0.3) is 5.91 Å². The number of hydrogen-bond donors (Lipinski definition) is 2. The molecule has 26 heavy (non-hydrogen) atoms. The van der Waals surface area contributed by atoms with Crippen LogP contribution in [0.3, 0.4) is 0 Å². The van der Waals surface area contributed by atoms with Crippen molar-refractivity contribution in [2.24, 2.45) is 17.8 Å². The highest BCUT2D eigenvalue weighted by atomic mass is 16.7. The molecule has 2 aliphatic rings. The van der Waals surface area contributed by atoms with Gasteiger partial charge in [-0.05, 0) is 50.5 Å². The highest BCUT2D eigenvalue weighted by molar-refractivity contribution is 5.91. The second-order valence-electron chi connectivity index (χ2n) is 7.23. The van der Waals surface area contributed by atoms with Gasteiger partial charge in [0, 0.05) is 32.8 Å². The van der Waals surface area contributed by atoms with Crippen LogP contribution in [-0.2, 0) is 19.0 Å². The van der Waals surface area contributed by atoms with Crippen LogP contribution in [0.5, 0.6) is 0 Å². The molecule has 0 radical (unpaired) electrons. The number of hydrogen-bond acceptors (Lipinski definition) is 5. The number of aliphatic hydroxyl groups is 1. The number of aliphatic hydroxyl groups excluding tert-OH is 1. The summed E-state index contributed by atoms with van der Waals surface area (Å²) >= 11 is 0. The number of carbonyl (C=O) groups excluding carboxylic acids is 1. The van der Waals surface area contributed by atoms with E-state index in [0.717, 1.165) is 12.8 Å². The van der Waals surface area contributed by atoms with Crippen LogP contribution in [0.25, 0.3) is 0 Å². The fourth-order valence-corrected chi connectivity index (χ4v) is 4.20. The molecule has 2 rings (SSSR count). The van der Waals surface area contributed by atoms with Crippen molar-refractivity contribution in [3.8, 4) is 0 Å². The van der Waals surface area contributed by atoms with E-state index in [1.165, 1.54) is 32.1 Å². The molecule has 1 aliphatic carbocycles. The lowest BCUT2D eigenvalue weighted by Gasteiger charge is -2.41. The van der Waals surface area contributed by atoms with Gasteiger partial charge in [-0.1, -0.05) is 19.3 Å². The molecule has 0 aromatic carbocycles. The Balaban J connectivity index is 2.18. The Kier molecular flexibility index (Phi) is 9.43. The first kappa shape index (κ1) is 21.2. The molecule has 2 N–H and O–H groups in total. The maximum absolute atomic E-state index is 12.5. The number of rotatable bonds is 10. The maximum atomic E-state index is 12.5. The van der Waals surface area contributed by atoms with E-state index in [-0.39, 0.29) is 24.3 Å². The minimum absolute atomic E-state index is 0.167. The molecule has 1 heterocycles. The van der Waals surface area contributed by atoms with Gasteiger partial charge in [0.05, 0.1) is 6.61 Å². The SMILES string of the molecule is CCO[C@@H]1OC(C(=O)NCCOC)=C[C@H](C2CCCCC2)[C@H]1CCCO. The summed E-state index contributed by atoms with van der Waals surface area (Å²) in [5, 5.41) is 12.1. The van der Waals surface area contributed by atoms with Crippen LogP contribution in [0.15, 0.2) is 11.8 Å². The molecule has 1 aliphatic heterocycles. The van der Waals surface area contributed by atoms with Gasteiger partial charge < -0.3 is 24.6 Å². The van der Waals surface area contributed by atoms with Crippen molar-refractivity contribution in [2.45, 2.75) is 58.2 Å². The van der Waals surface area contributed by atoms with E-state index in [4.69, 9.17) is 14.2 Å². The number of carbonyl (C=O) groups is 1. The van der Waals surface area contributed by atoms with Gasteiger partial charge in [-0.3, -0.25) is 4.79 Å². The topological polar surface area (TPSA) is 77.0 Å². The molecular formula is C20H35NO5. The van der Waals surface area contributed by atoms with Crippen molar-refractivity contribution in [2.75, 3.05) is 33.5 Å². The van der Waals surface area contributed by atoms with Gasteiger partial charge in [0.2, 0.25) is 6.29 Å². The van der Waals surface area contributed by atoms with Gasteiger partial charge in [-0.2, -0.15) is 0 Å². The van der Waals surface area contributed by atoms with E-state index >= 15 is 0 Å². The van der Waals surface area contributed by atoms with Crippen LogP contribution in [-0.4, -0.2) is 50.8 Å². The lowest BCUT2D eigenvalue weighted by molar-refractivity contribution is -0.177. The normalized spacial score (nSPS) is 26.9. The summed E-state index contributed by atoms with van der Waals surface area (Å²) in [6.07, 6.45) is 9.34. The third-order valence-electron chi connectivity index (χ3n) is 5.47. The Hall–Kier alpha value is -1.11. The number of ether oxygens (including phenoxy) is 3. The summed E-state index contributed by atoms with van der Waals surface area (Å²) < 4.78 is 16.8. The first-order chi connectivity index (χ1) is 12.7. The zero-order valence-electron chi connectivity index (χ0n) is 16.2. The minimum atomic E-state index is -0.424. The average molecular weight is 370 g/mol. The molecule has 0 bridgehead atoms. The lowest BCUT2D eigenvalue weighted by atomic mass is 9.71. The van der Waals surface area contributed by atoms with Gasteiger partial charge in [-0.15, -0.1) is 0 Å². The summed E-state index contributed by atoms with van der Waals surface area (Å²) in [7, 11) is 1.61. The van der Waals surface area contributed by atoms with Gasteiger partial charge in [0.1, 0.15) is 0 Å². The Labute approximate surface area is 157 Å². The quantitative estimate of drug-likeness (QED) is 0.579. The number of methoxy groups -OCH3 is 1. The van der Waals surface area contributed by atoms with Crippen LogP contribution >= 0.6 is 0 Å². The van der Waals surface area contributed by atoms with E-state index in [1.807, 2.05) is 13.0 Å². The maximum Gasteiger partial charge on any atom is 0.286 e. The molecule has 0 aromatic rings. The van der Waals surface area contributed by atoms with E-state index in [2.05, 4.69) is 5.32 Å². The highest BCUT2D eigenvalue weighted by Gasteiger charge is 2.40. The summed E-state index contributed by atoms with van der Waals surface area (Å²) in [5.74, 6) is 1.17. The van der Waals surface area contributed by atoms with Crippen LogP contribution in [0.1, 0.15) is 51.9 Å². The van der Waals surface area contributed by atoms with Crippen LogP contribution in [0, 0.1) is 17.8 Å². The molecule has 1 fully saturated rings. The molecule has 1 saturated carbocycles. The molecule has 3 atom stereocenters. The first-order valence-corrected chi connectivity index (χ1v) is 10.1. The zero-order chi connectivity index (χ0) is 18.8. The number of amides is 1. The fraction of sp³-hybridized carbons (Fsp3) is 0.850. The van der Waals surface area contributed by atoms with Crippen molar-refractivity contribution in [3.05, 3.63) is 11.8 Å². The molecule has 6 nitrogen and oxygen atoms in total. The monoisotopic (exact) mass is 369 g/mol. The smallest absolute Gasteiger partial charge is 0.286 e. The number of allylic oxidation sites excluding steroid dienone is 1. The van der Waals surface area contributed by atoms with Gasteiger partial charge >= 0.3 is 0 Å².